The first-order valence-corrected chi connectivity index (χ1v) is 4.93. The van der Waals surface area contributed by atoms with Gasteiger partial charge in [0, 0.05) is 17.9 Å². The van der Waals surface area contributed by atoms with Crippen molar-refractivity contribution in [2.45, 2.75) is 19.8 Å². The molecule has 0 saturated heterocycles. The van der Waals surface area contributed by atoms with E-state index in [0.717, 1.165) is 11.4 Å². The first-order chi connectivity index (χ1) is 6.29. The van der Waals surface area contributed by atoms with Gasteiger partial charge in [0.05, 0.1) is 5.02 Å². The Morgan fingerprint density at radius 2 is 2.15 bits per heavy atom. The van der Waals surface area contributed by atoms with Crippen molar-refractivity contribution in [2.75, 3.05) is 0 Å². The molecule has 0 saturated carbocycles. The number of hydrogen-bond acceptors (Lipinski definition) is 0. The van der Waals surface area contributed by atoms with Crippen molar-refractivity contribution in [3.05, 3.63) is 41.2 Å². The summed E-state index contributed by atoms with van der Waals surface area (Å²) < 4.78 is 2.08. The van der Waals surface area contributed by atoms with E-state index in [9.17, 15) is 0 Å². The molecule has 0 amide bonds. The summed E-state index contributed by atoms with van der Waals surface area (Å²) in [6.45, 7) is 2.19. The molecule has 2 rings (SSSR count). The van der Waals surface area contributed by atoms with Crippen LogP contribution in [0.25, 0.3) is 5.52 Å². The maximum atomic E-state index is 5.88. The molecule has 0 atom stereocenters. The van der Waals surface area contributed by atoms with Gasteiger partial charge in [-0.1, -0.05) is 24.9 Å². The van der Waals surface area contributed by atoms with Gasteiger partial charge in [-0.2, -0.15) is 0 Å². The Bertz CT molecular complexity index is 417. The minimum atomic E-state index is 0.783. The molecule has 2 heteroatoms. The zero-order valence-electron chi connectivity index (χ0n) is 7.63. The molecule has 13 heavy (non-hydrogen) atoms. The van der Waals surface area contributed by atoms with Crippen LogP contribution in [-0.2, 0) is 6.42 Å². The summed E-state index contributed by atoms with van der Waals surface area (Å²) in [7, 11) is 0. The number of halogens is 1. The Balaban J connectivity index is 2.49. The van der Waals surface area contributed by atoms with Crippen LogP contribution >= 0.6 is 11.6 Å². The molecule has 2 aromatic heterocycles. The Hall–Kier alpha value is -0.950. The second-order valence-electron chi connectivity index (χ2n) is 3.28. The molecule has 0 N–H and O–H groups in total. The fourth-order valence-electron chi connectivity index (χ4n) is 1.57. The summed E-state index contributed by atoms with van der Waals surface area (Å²) in [6.07, 6.45) is 6.41. The number of aryl methyl sites for hydroxylation is 1. The van der Waals surface area contributed by atoms with Gasteiger partial charge in [-0.25, -0.2) is 0 Å². The fraction of sp³-hybridized carbons (Fsp3) is 0.273. The molecular formula is C11H12ClN. The van der Waals surface area contributed by atoms with E-state index in [0.29, 0.717) is 0 Å². The Morgan fingerprint density at radius 1 is 1.31 bits per heavy atom. The van der Waals surface area contributed by atoms with E-state index in [2.05, 4.69) is 23.6 Å². The third kappa shape index (κ3) is 1.70. The maximum Gasteiger partial charge on any atom is 0.0572 e. The van der Waals surface area contributed by atoms with Gasteiger partial charge in [-0.15, -0.1) is 0 Å². The molecule has 0 aliphatic heterocycles. The van der Waals surface area contributed by atoms with Crippen LogP contribution < -0.4 is 0 Å². The molecule has 0 aliphatic rings. The number of hydrogen-bond donors (Lipinski definition) is 0. The number of nitrogens with zero attached hydrogens (tertiary/aromatic N) is 1. The Labute approximate surface area is 82.9 Å². The van der Waals surface area contributed by atoms with Crippen LogP contribution in [0.3, 0.4) is 0 Å². The van der Waals surface area contributed by atoms with E-state index in [4.69, 9.17) is 11.6 Å². The smallest absolute Gasteiger partial charge is 0.0572 e. The number of aromatic nitrogens is 1. The summed E-state index contributed by atoms with van der Waals surface area (Å²) in [5.74, 6) is 0. The molecular weight excluding hydrogens is 182 g/mol. The largest absolute Gasteiger partial charge is 0.322 e. The van der Waals surface area contributed by atoms with Gasteiger partial charge < -0.3 is 4.40 Å². The van der Waals surface area contributed by atoms with Gasteiger partial charge in [0.1, 0.15) is 0 Å². The van der Waals surface area contributed by atoms with Crippen molar-refractivity contribution in [3.8, 4) is 0 Å². The lowest BCUT2D eigenvalue weighted by Crippen LogP contribution is -1.79. The van der Waals surface area contributed by atoms with Crippen molar-refractivity contribution in [2.24, 2.45) is 0 Å². The van der Waals surface area contributed by atoms with Crippen LogP contribution in [0.1, 0.15) is 18.9 Å². The topological polar surface area (TPSA) is 4.41 Å². The standard InChI is InChI=1S/C11H12ClN/c1-2-3-9-6-11-5-4-10(12)8-13(11)7-9/h4-8H,2-3H2,1H3. The molecule has 0 aliphatic carbocycles. The lowest BCUT2D eigenvalue weighted by atomic mass is 10.2. The van der Waals surface area contributed by atoms with E-state index in [1.165, 1.54) is 17.5 Å². The SMILES string of the molecule is CCCc1cc2ccc(Cl)cn2c1. The minimum absolute atomic E-state index is 0.783. The van der Waals surface area contributed by atoms with Crippen LogP contribution in [0.4, 0.5) is 0 Å². The van der Waals surface area contributed by atoms with E-state index in [1.807, 2.05) is 18.3 Å². The minimum Gasteiger partial charge on any atom is -0.322 e. The van der Waals surface area contributed by atoms with Gasteiger partial charge in [-0.3, -0.25) is 0 Å². The normalized spacial score (nSPS) is 10.9. The summed E-state index contributed by atoms with van der Waals surface area (Å²) in [5, 5.41) is 0.783. The predicted octanol–water partition coefficient (Wildman–Crippen LogP) is 3.55. The second-order valence-corrected chi connectivity index (χ2v) is 3.71. The lowest BCUT2D eigenvalue weighted by Gasteiger charge is -1.93. The lowest BCUT2D eigenvalue weighted by molar-refractivity contribution is 0.920. The van der Waals surface area contributed by atoms with Crippen molar-refractivity contribution < 1.29 is 0 Å². The molecule has 0 radical (unpaired) electrons. The number of rotatable bonds is 2. The molecule has 1 nitrogen and oxygen atoms in total. The van der Waals surface area contributed by atoms with E-state index in [-0.39, 0.29) is 0 Å². The van der Waals surface area contributed by atoms with Gasteiger partial charge in [0.15, 0.2) is 0 Å². The quantitative estimate of drug-likeness (QED) is 0.687. The second kappa shape index (κ2) is 3.43. The van der Waals surface area contributed by atoms with Crippen LogP contribution in [0.15, 0.2) is 30.6 Å². The average Bonchev–Trinajstić information content (AvgIpc) is 2.46. The summed E-state index contributed by atoms with van der Waals surface area (Å²) >= 11 is 5.88. The molecule has 0 unspecified atom stereocenters. The highest BCUT2D eigenvalue weighted by atomic mass is 35.5. The van der Waals surface area contributed by atoms with Crippen molar-refractivity contribution in [1.29, 1.82) is 0 Å². The van der Waals surface area contributed by atoms with E-state index < -0.39 is 0 Å². The van der Waals surface area contributed by atoms with Crippen LogP contribution in [0, 0.1) is 0 Å². The number of fused-ring (bicyclic) bond motifs is 1. The van der Waals surface area contributed by atoms with E-state index in [1.54, 1.807) is 0 Å². The maximum absolute atomic E-state index is 5.88. The van der Waals surface area contributed by atoms with Gasteiger partial charge in [-0.05, 0) is 30.2 Å². The Morgan fingerprint density at radius 3 is 2.92 bits per heavy atom. The zero-order chi connectivity index (χ0) is 9.26. The highest BCUT2D eigenvalue weighted by molar-refractivity contribution is 6.30. The third-order valence-electron chi connectivity index (χ3n) is 2.15. The summed E-state index contributed by atoms with van der Waals surface area (Å²) in [4.78, 5) is 0. The number of pyridine rings is 1. The van der Waals surface area contributed by atoms with Crippen molar-refractivity contribution in [3.63, 3.8) is 0 Å². The molecule has 0 spiro atoms. The van der Waals surface area contributed by atoms with E-state index >= 15 is 0 Å². The van der Waals surface area contributed by atoms with Gasteiger partial charge in [0.25, 0.3) is 0 Å². The van der Waals surface area contributed by atoms with Crippen molar-refractivity contribution in [1.82, 2.24) is 4.40 Å². The first kappa shape index (κ1) is 8.64. The van der Waals surface area contributed by atoms with Crippen LogP contribution in [0.5, 0.6) is 0 Å². The molecule has 0 aromatic carbocycles. The summed E-state index contributed by atoms with van der Waals surface area (Å²) in [6, 6.07) is 6.17. The molecule has 0 fully saturated rings. The predicted molar refractivity (Wildman–Crippen MR) is 56.4 cm³/mol. The molecule has 2 aromatic rings. The highest BCUT2D eigenvalue weighted by Crippen LogP contribution is 2.15. The Kier molecular flexibility index (Phi) is 2.28. The van der Waals surface area contributed by atoms with Crippen LogP contribution in [-0.4, -0.2) is 4.40 Å². The average molecular weight is 194 g/mol. The molecule has 0 bridgehead atoms. The zero-order valence-corrected chi connectivity index (χ0v) is 8.38. The summed E-state index contributed by atoms with van der Waals surface area (Å²) in [5.41, 5.74) is 2.60. The van der Waals surface area contributed by atoms with Crippen molar-refractivity contribution >= 4 is 17.1 Å². The van der Waals surface area contributed by atoms with Gasteiger partial charge in [0.2, 0.25) is 0 Å². The van der Waals surface area contributed by atoms with Gasteiger partial charge >= 0.3 is 0 Å². The highest BCUT2D eigenvalue weighted by Gasteiger charge is 1.98. The van der Waals surface area contributed by atoms with Crippen LogP contribution in [0.2, 0.25) is 5.02 Å². The molecule has 68 valence electrons. The first-order valence-electron chi connectivity index (χ1n) is 4.56. The third-order valence-corrected chi connectivity index (χ3v) is 2.37. The fourth-order valence-corrected chi connectivity index (χ4v) is 1.74. The monoisotopic (exact) mass is 193 g/mol. The molecule has 2 heterocycles.